The molecular weight excluding hydrogens is 227 g/mol. The standard InChI is InChI=1S/C15H21FN2/c1-12-7-6-8-13(16)14(12)18-10-5-4-9-15(2,3)11-17/h6-8,18H,4-5,9-10H2,1-3H3. The molecule has 0 spiro atoms. The molecule has 0 bridgehead atoms. The average molecular weight is 248 g/mol. The fourth-order valence-corrected chi connectivity index (χ4v) is 1.82. The summed E-state index contributed by atoms with van der Waals surface area (Å²) in [6, 6.07) is 7.36. The van der Waals surface area contributed by atoms with Crippen molar-refractivity contribution in [2.75, 3.05) is 11.9 Å². The van der Waals surface area contributed by atoms with Crippen LogP contribution in [0.4, 0.5) is 10.1 Å². The summed E-state index contributed by atoms with van der Waals surface area (Å²) in [6.07, 6.45) is 2.79. The van der Waals surface area contributed by atoms with E-state index in [2.05, 4.69) is 11.4 Å². The van der Waals surface area contributed by atoms with E-state index in [1.165, 1.54) is 6.07 Å². The highest BCUT2D eigenvalue weighted by Crippen LogP contribution is 2.22. The Morgan fingerprint density at radius 2 is 2.06 bits per heavy atom. The molecule has 0 saturated heterocycles. The molecule has 0 atom stereocenters. The average Bonchev–Trinajstić information content (AvgIpc) is 2.32. The van der Waals surface area contributed by atoms with Gasteiger partial charge in [0, 0.05) is 6.54 Å². The van der Waals surface area contributed by atoms with Crippen LogP contribution in [-0.2, 0) is 0 Å². The molecule has 1 aromatic rings. The quantitative estimate of drug-likeness (QED) is 0.763. The first-order chi connectivity index (χ1) is 8.46. The first-order valence-corrected chi connectivity index (χ1v) is 6.36. The van der Waals surface area contributed by atoms with Crippen LogP contribution in [0, 0.1) is 29.5 Å². The van der Waals surface area contributed by atoms with E-state index in [1.807, 2.05) is 26.8 Å². The van der Waals surface area contributed by atoms with Crippen molar-refractivity contribution in [1.82, 2.24) is 0 Å². The van der Waals surface area contributed by atoms with Crippen molar-refractivity contribution in [3.63, 3.8) is 0 Å². The molecule has 0 heterocycles. The Hall–Kier alpha value is -1.56. The van der Waals surface area contributed by atoms with Crippen LogP contribution >= 0.6 is 0 Å². The molecule has 3 heteroatoms. The zero-order valence-electron chi connectivity index (χ0n) is 11.4. The van der Waals surface area contributed by atoms with Crippen molar-refractivity contribution in [1.29, 1.82) is 5.26 Å². The minimum Gasteiger partial charge on any atom is -0.382 e. The molecule has 1 N–H and O–H groups in total. The van der Waals surface area contributed by atoms with Gasteiger partial charge in [0.2, 0.25) is 0 Å². The maximum Gasteiger partial charge on any atom is 0.146 e. The summed E-state index contributed by atoms with van der Waals surface area (Å²) in [5, 5.41) is 12.0. The van der Waals surface area contributed by atoms with Gasteiger partial charge in [-0.3, -0.25) is 0 Å². The van der Waals surface area contributed by atoms with Gasteiger partial charge >= 0.3 is 0 Å². The Morgan fingerprint density at radius 3 is 2.67 bits per heavy atom. The molecule has 0 aliphatic heterocycles. The summed E-state index contributed by atoms with van der Waals surface area (Å²) in [5.74, 6) is -0.202. The van der Waals surface area contributed by atoms with Crippen LogP contribution in [0.3, 0.4) is 0 Å². The molecule has 0 aliphatic carbocycles. The maximum atomic E-state index is 13.5. The second-order valence-electron chi connectivity index (χ2n) is 5.31. The van der Waals surface area contributed by atoms with Gasteiger partial charge in [-0.2, -0.15) is 5.26 Å². The molecule has 0 saturated carbocycles. The van der Waals surface area contributed by atoms with Gasteiger partial charge in [-0.15, -0.1) is 0 Å². The molecule has 0 aromatic heterocycles. The number of nitrogens with one attached hydrogen (secondary N) is 1. The van der Waals surface area contributed by atoms with Crippen molar-refractivity contribution in [2.45, 2.75) is 40.0 Å². The summed E-state index contributed by atoms with van der Waals surface area (Å²) in [7, 11) is 0. The number of hydrogen-bond acceptors (Lipinski definition) is 2. The summed E-state index contributed by atoms with van der Waals surface area (Å²) in [6.45, 7) is 6.52. The number of halogens is 1. The molecule has 0 radical (unpaired) electrons. The van der Waals surface area contributed by atoms with Crippen molar-refractivity contribution in [3.05, 3.63) is 29.6 Å². The van der Waals surface area contributed by atoms with Crippen molar-refractivity contribution >= 4 is 5.69 Å². The van der Waals surface area contributed by atoms with Crippen LogP contribution in [0.1, 0.15) is 38.7 Å². The summed E-state index contributed by atoms with van der Waals surface area (Å²) in [5.41, 5.74) is 1.26. The van der Waals surface area contributed by atoms with E-state index >= 15 is 0 Å². The second-order valence-corrected chi connectivity index (χ2v) is 5.31. The molecule has 1 aromatic carbocycles. The van der Waals surface area contributed by atoms with E-state index in [4.69, 9.17) is 5.26 Å². The van der Waals surface area contributed by atoms with Crippen molar-refractivity contribution in [2.24, 2.45) is 5.41 Å². The van der Waals surface area contributed by atoms with E-state index in [9.17, 15) is 4.39 Å². The molecule has 0 aliphatic rings. The van der Waals surface area contributed by atoms with Gasteiger partial charge in [0.05, 0.1) is 17.2 Å². The van der Waals surface area contributed by atoms with Gasteiger partial charge < -0.3 is 5.32 Å². The summed E-state index contributed by atoms with van der Waals surface area (Å²) < 4.78 is 13.5. The van der Waals surface area contributed by atoms with Crippen molar-refractivity contribution in [3.8, 4) is 6.07 Å². The lowest BCUT2D eigenvalue weighted by Crippen LogP contribution is -2.10. The van der Waals surface area contributed by atoms with Gasteiger partial charge in [0.15, 0.2) is 0 Å². The number of hydrogen-bond donors (Lipinski definition) is 1. The molecule has 98 valence electrons. The predicted molar refractivity (Wildman–Crippen MR) is 72.9 cm³/mol. The minimum absolute atomic E-state index is 0.202. The third-order valence-electron chi connectivity index (χ3n) is 3.05. The third-order valence-corrected chi connectivity index (χ3v) is 3.05. The summed E-state index contributed by atoms with van der Waals surface area (Å²) in [4.78, 5) is 0. The molecule has 0 unspecified atom stereocenters. The van der Waals surface area contributed by atoms with Crippen LogP contribution < -0.4 is 5.32 Å². The Kier molecular flexibility index (Phi) is 5.15. The van der Waals surface area contributed by atoms with Crippen LogP contribution in [0.15, 0.2) is 18.2 Å². The number of unbranched alkanes of at least 4 members (excludes halogenated alkanes) is 1. The highest BCUT2D eigenvalue weighted by molar-refractivity contribution is 5.51. The SMILES string of the molecule is Cc1cccc(F)c1NCCCCC(C)(C)C#N. The Morgan fingerprint density at radius 1 is 1.33 bits per heavy atom. The number of benzene rings is 1. The molecule has 2 nitrogen and oxygen atoms in total. The highest BCUT2D eigenvalue weighted by atomic mass is 19.1. The summed E-state index contributed by atoms with van der Waals surface area (Å²) >= 11 is 0. The molecule has 1 rings (SSSR count). The normalized spacial score (nSPS) is 11.1. The number of aryl methyl sites for hydroxylation is 1. The number of para-hydroxylation sites is 1. The van der Waals surface area contributed by atoms with Gasteiger partial charge in [-0.25, -0.2) is 4.39 Å². The molecule has 0 amide bonds. The second kappa shape index (κ2) is 6.39. The van der Waals surface area contributed by atoms with Gasteiger partial charge in [-0.1, -0.05) is 18.6 Å². The largest absolute Gasteiger partial charge is 0.382 e. The van der Waals surface area contributed by atoms with Gasteiger partial charge in [0.25, 0.3) is 0 Å². The van der Waals surface area contributed by atoms with Crippen molar-refractivity contribution < 1.29 is 4.39 Å². The maximum absolute atomic E-state index is 13.5. The monoisotopic (exact) mass is 248 g/mol. The highest BCUT2D eigenvalue weighted by Gasteiger charge is 2.15. The molecule has 0 fully saturated rings. The van der Waals surface area contributed by atoms with E-state index in [1.54, 1.807) is 6.07 Å². The first kappa shape index (κ1) is 14.5. The lowest BCUT2D eigenvalue weighted by Gasteiger charge is -2.15. The van der Waals surface area contributed by atoms with Crippen LogP contribution in [0.25, 0.3) is 0 Å². The predicted octanol–water partition coefficient (Wildman–Crippen LogP) is 4.27. The van der Waals surface area contributed by atoms with E-state index < -0.39 is 0 Å². The van der Waals surface area contributed by atoms with Crippen LogP contribution in [0.5, 0.6) is 0 Å². The van der Waals surface area contributed by atoms with Gasteiger partial charge in [-0.05, 0) is 45.2 Å². The number of rotatable bonds is 6. The van der Waals surface area contributed by atoms with E-state index in [0.29, 0.717) is 5.69 Å². The van der Waals surface area contributed by atoms with E-state index in [0.717, 1.165) is 31.4 Å². The molecular formula is C15H21FN2. The van der Waals surface area contributed by atoms with Crippen LogP contribution in [0.2, 0.25) is 0 Å². The number of anilines is 1. The topological polar surface area (TPSA) is 35.8 Å². The Balaban J connectivity index is 2.33. The Labute approximate surface area is 109 Å². The zero-order chi connectivity index (χ0) is 13.6. The third kappa shape index (κ3) is 4.37. The van der Waals surface area contributed by atoms with Crippen LogP contribution in [-0.4, -0.2) is 6.54 Å². The Bertz CT molecular complexity index is 412. The van der Waals surface area contributed by atoms with Gasteiger partial charge in [0.1, 0.15) is 5.82 Å². The minimum atomic E-state index is -0.256. The van der Waals surface area contributed by atoms with E-state index in [-0.39, 0.29) is 11.2 Å². The smallest absolute Gasteiger partial charge is 0.146 e. The lowest BCUT2D eigenvalue weighted by atomic mass is 9.89. The number of nitriles is 1. The zero-order valence-corrected chi connectivity index (χ0v) is 11.4. The fraction of sp³-hybridized carbons (Fsp3) is 0.533. The lowest BCUT2D eigenvalue weighted by molar-refractivity contribution is 0.430. The molecule has 18 heavy (non-hydrogen) atoms. The fourth-order valence-electron chi connectivity index (χ4n) is 1.82. The number of nitrogens with zero attached hydrogens (tertiary/aromatic N) is 1. The first-order valence-electron chi connectivity index (χ1n) is 6.36.